The summed E-state index contributed by atoms with van der Waals surface area (Å²) in [5.41, 5.74) is 4.61. The van der Waals surface area contributed by atoms with Crippen LogP contribution in [0.4, 0.5) is 10.5 Å². The topological polar surface area (TPSA) is 52.6 Å². The van der Waals surface area contributed by atoms with Crippen molar-refractivity contribution in [3.8, 4) is 0 Å². The number of fused-ring (bicyclic) bond motifs is 1. The summed E-state index contributed by atoms with van der Waals surface area (Å²) in [6.45, 7) is 2.11. The molecule has 1 heterocycles. The van der Waals surface area contributed by atoms with Gasteiger partial charge in [-0.15, -0.1) is 0 Å². The van der Waals surface area contributed by atoms with Gasteiger partial charge in [-0.05, 0) is 67.0 Å². The Morgan fingerprint density at radius 1 is 1.04 bits per heavy atom. The molecular formula is C21H24N2O2. The van der Waals surface area contributed by atoms with E-state index in [1.807, 2.05) is 24.3 Å². The highest BCUT2D eigenvalue weighted by Gasteiger charge is 2.31. The van der Waals surface area contributed by atoms with E-state index in [1.165, 1.54) is 29.5 Å². The third-order valence-electron chi connectivity index (χ3n) is 5.54. The maximum atomic E-state index is 11.9. The summed E-state index contributed by atoms with van der Waals surface area (Å²) in [6, 6.07) is 16.4. The minimum atomic E-state index is -0.870. The number of hydrogen-bond donors (Lipinski definition) is 2. The predicted octanol–water partition coefficient (Wildman–Crippen LogP) is 3.81. The average Bonchev–Trinajstić information content (AvgIpc) is 3.06. The van der Waals surface area contributed by atoms with Crippen LogP contribution in [-0.2, 0) is 12.8 Å². The Kier molecular flexibility index (Phi) is 4.45. The molecule has 2 aromatic carbocycles. The van der Waals surface area contributed by atoms with Crippen molar-refractivity contribution in [2.75, 3.05) is 18.0 Å². The summed E-state index contributed by atoms with van der Waals surface area (Å²) in [5, 5.41) is 13.2. The lowest BCUT2D eigenvalue weighted by molar-refractivity contribution is 0.199. The van der Waals surface area contributed by atoms with Gasteiger partial charge in [-0.2, -0.15) is 0 Å². The molecular weight excluding hydrogens is 312 g/mol. The predicted molar refractivity (Wildman–Crippen MR) is 99.4 cm³/mol. The molecule has 1 aliphatic heterocycles. The van der Waals surface area contributed by atoms with E-state index in [4.69, 9.17) is 0 Å². The zero-order chi connectivity index (χ0) is 17.2. The lowest BCUT2D eigenvalue weighted by Gasteiger charge is -2.27. The molecule has 0 aromatic heterocycles. The molecule has 25 heavy (non-hydrogen) atoms. The van der Waals surface area contributed by atoms with Crippen LogP contribution in [0.15, 0.2) is 48.5 Å². The highest BCUT2D eigenvalue weighted by atomic mass is 16.4. The van der Waals surface area contributed by atoms with Gasteiger partial charge in [-0.1, -0.05) is 36.4 Å². The number of piperidine rings is 1. The number of hydrogen-bond acceptors (Lipinski definition) is 2. The minimum absolute atomic E-state index is 0.0166. The molecule has 1 saturated heterocycles. The minimum Gasteiger partial charge on any atom is -0.465 e. The Morgan fingerprint density at radius 3 is 2.28 bits per heavy atom. The molecule has 4 rings (SSSR count). The highest BCUT2D eigenvalue weighted by molar-refractivity contribution is 5.87. The van der Waals surface area contributed by atoms with Gasteiger partial charge < -0.3 is 10.4 Å². The Bertz CT molecular complexity index is 726. The van der Waals surface area contributed by atoms with Crippen molar-refractivity contribution < 1.29 is 9.90 Å². The second-order valence-corrected chi connectivity index (χ2v) is 7.12. The van der Waals surface area contributed by atoms with Crippen LogP contribution in [0.5, 0.6) is 0 Å². The van der Waals surface area contributed by atoms with E-state index < -0.39 is 6.09 Å². The first-order valence-electron chi connectivity index (χ1n) is 9.12. The quantitative estimate of drug-likeness (QED) is 0.896. The van der Waals surface area contributed by atoms with Crippen LogP contribution in [0.3, 0.4) is 0 Å². The van der Waals surface area contributed by atoms with Crippen molar-refractivity contribution in [1.82, 2.24) is 5.32 Å². The van der Waals surface area contributed by atoms with Crippen LogP contribution in [0.1, 0.15) is 35.4 Å². The smallest absolute Gasteiger partial charge is 0.412 e. The maximum Gasteiger partial charge on any atom is 0.412 e. The summed E-state index contributed by atoms with van der Waals surface area (Å²) in [7, 11) is 0. The number of anilines is 1. The van der Waals surface area contributed by atoms with Crippen molar-refractivity contribution in [3.63, 3.8) is 0 Å². The highest BCUT2D eigenvalue weighted by Crippen LogP contribution is 2.31. The third kappa shape index (κ3) is 3.27. The zero-order valence-electron chi connectivity index (χ0n) is 14.3. The largest absolute Gasteiger partial charge is 0.465 e. The first kappa shape index (κ1) is 16.2. The van der Waals surface area contributed by atoms with E-state index >= 15 is 0 Å². The fraction of sp³-hybridized carbons (Fsp3) is 0.381. The fourth-order valence-electron chi connectivity index (χ4n) is 4.24. The molecule has 0 radical (unpaired) electrons. The van der Waals surface area contributed by atoms with Gasteiger partial charge in [0.1, 0.15) is 0 Å². The molecule has 4 nitrogen and oxygen atoms in total. The Balaban J connectivity index is 1.54. The Morgan fingerprint density at radius 2 is 1.72 bits per heavy atom. The first-order valence-corrected chi connectivity index (χ1v) is 9.12. The van der Waals surface area contributed by atoms with Crippen LogP contribution < -0.4 is 10.2 Å². The van der Waals surface area contributed by atoms with Crippen LogP contribution in [0.25, 0.3) is 0 Å². The van der Waals surface area contributed by atoms with E-state index in [1.54, 1.807) is 4.90 Å². The molecule has 1 fully saturated rings. The molecule has 0 spiro atoms. The molecule has 1 amide bonds. The average molecular weight is 336 g/mol. The number of benzene rings is 2. The van der Waals surface area contributed by atoms with Crippen LogP contribution in [-0.4, -0.2) is 30.3 Å². The van der Waals surface area contributed by atoms with Gasteiger partial charge in [-0.3, -0.25) is 4.90 Å². The zero-order valence-corrected chi connectivity index (χ0v) is 14.3. The second kappa shape index (κ2) is 6.89. The molecule has 2 aromatic rings. The number of nitrogens with one attached hydrogen (secondary N) is 1. The van der Waals surface area contributed by atoms with Crippen LogP contribution in [0, 0.1) is 0 Å². The van der Waals surface area contributed by atoms with Gasteiger partial charge in [0.15, 0.2) is 0 Å². The first-order chi connectivity index (χ1) is 12.2. The lowest BCUT2D eigenvalue weighted by atomic mass is 9.91. The molecule has 130 valence electrons. The van der Waals surface area contributed by atoms with Gasteiger partial charge in [0.2, 0.25) is 0 Å². The molecule has 4 heteroatoms. The summed E-state index contributed by atoms with van der Waals surface area (Å²) >= 11 is 0. The summed E-state index contributed by atoms with van der Waals surface area (Å²) in [6.07, 6.45) is 3.11. The van der Waals surface area contributed by atoms with Crippen molar-refractivity contribution in [1.29, 1.82) is 0 Å². The number of nitrogens with zero attached hydrogens (tertiary/aromatic N) is 1. The van der Waals surface area contributed by atoms with E-state index in [9.17, 15) is 9.90 Å². The number of amides is 1. The molecule has 1 atom stereocenters. The maximum absolute atomic E-state index is 11.9. The molecule has 1 unspecified atom stereocenters. The van der Waals surface area contributed by atoms with Crippen LogP contribution >= 0.6 is 0 Å². The number of carbonyl (C=O) groups is 1. The standard InChI is InChI=1S/C21H24N2O2/c24-21(25)23(20-12-16-4-1-2-5-17(16)13-20)19-9-7-15(8-10-19)18-6-3-11-22-14-18/h1-2,4-5,7-10,18,20,22H,3,6,11-14H2,(H,24,25). The van der Waals surface area contributed by atoms with E-state index in [0.717, 1.165) is 31.6 Å². The molecule has 2 aliphatic rings. The number of carboxylic acid groups (broad SMARTS) is 1. The third-order valence-corrected chi connectivity index (χ3v) is 5.54. The SMILES string of the molecule is O=C(O)N(c1ccc(C2CCCNC2)cc1)C1Cc2ccccc2C1. The Hall–Kier alpha value is -2.33. The van der Waals surface area contributed by atoms with E-state index in [-0.39, 0.29) is 6.04 Å². The normalized spacial score (nSPS) is 20.2. The lowest BCUT2D eigenvalue weighted by Crippen LogP contribution is -2.40. The molecule has 1 aliphatic carbocycles. The van der Waals surface area contributed by atoms with Crippen molar-refractivity contribution in [3.05, 3.63) is 65.2 Å². The van der Waals surface area contributed by atoms with Gasteiger partial charge in [0.25, 0.3) is 0 Å². The fourth-order valence-corrected chi connectivity index (χ4v) is 4.24. The molecule has 0 saturated carbocycles. The van der Waals surface area contributed by atoms with Gasteiger partial charge in [0, 0.05) is 18.3 Å². The van der Waals surface area contributed by atoms with Gasteiger partial charge in [-0.25, -0.2) is 4.79 Å². The van der Waals surface area contributed by atoms with Crippen molar-refractivity contribution >= 4 is 11.8 Å². The number of rotatable bonds is 3. The molecule has 2 N–H and O–H groups in total. The van der Waals surface area contributed by atoms with Crippen molar-refractivity contribution in [2.45, 2.75) is 37.6 Å². The van der Waals surface area contributed by atoms with Gasteiger partial charge in [0.05, 0.1) is 0 Å². The van der Waals surface area contributed by atoms with Crippen molar-refractivity contribution in [2.24, 2.45) is 0 Å². The monoisotopic (exact) mass is 336 g/mol. The van der Waals surface area contributed by atoms with Gasteiger partial charge >= 0.3 is 6.09 Å². The molecule has 0 bridgehead atoms. The summed E-state index contributed by atoms with van der Waals surface area (Å²) < 4.78 is 0. The van der Waals surface area contributed by atoms with E-state index in [2.05, 4.69) is 29.6 Å². The van der Waals surface area contributed by atoms with E-state index in [0.29, 0.717) is 5.92 Å². The Labute approximate surface area is 148 Å². The summed E-state index contributed by atoms with van der Waals surface area (Å²) in [5.74, 6) is 0.539. The summed E-state index contributed by atoms with van der Waals surface area (Å²) in [4.78, 5) is 13.5. The van der Waals surface area contributed by atoms with Crippen LogP contribution in [0.2, 0.25) is 0 Å². The second-order valence-electron chi connectivity index (χ2n) is 7.12.